The molecule has 4 nitrogen and oxygen atoms in total. The molecule has 0 aliphatic rings. The lowest BCUT2D eigenvalue weighted by atomic mass is 10.1. The van der Waals surface area contributed by atoms with Gasteiger partial charge in [0, 0.05) is 41.3 Å². The molecule has 1 aromatic heterocycles. The molecule has 0 fully saturated rings. The SMILES string of the molecule is CCN(CC)C(=O)c1ccc(-n2c(C)cc(C=O)c2C)cc1. The number of nitrogens with zero attached hydrogens (tertiary/aromatic N) is 2. The lowest BCUT2D eigenvalue weighted by Gasteiger charge is -2.19. The molecule has 0 aliphatic carbocycles. The second-order valence-corrected chi connectivity index (χ2v) is 5.30. The van der Waals surface area contributed by atoms with Gasteiger partial charge in [0.15, 0.2) is 6.29 Å². The Morgan fingerprint density at radius 1 is 1.14 bits per heavy atom. The Morgan fingerprint density at radius 3 is 2.18 bits per heavy atom. The van der Waals surface area contributed by atoms with Gasteiger partial charge >= 0.3 is 0 Å². The largest absolute Gasteiger partial charge is 0.339 e. The molecular formula is C18H22N2O2. The van der Waals surface area contributed by atoms with Crippen LogP contribution < -0.4 is 0 Å². The normalized spacial score (nSPS) is 10.5. The van der Waals surface area contributed by atoms with Crippen molar-refractivity contribution >= 4 is 12.2 Å². The molecule has 0 aliphatic heterocycles. The van der Waals surface area contributed by atoms with Gasteiger partial charge in [0.05, 0.1) is 0 Å². The summed E-state index contributed by atoms with van der Waals surface area (Å²) in [5, 5.41) is 0. The summed E-state index contributed by atoms with van der Waals surface area (Å²) in [6.45, 7) is 9.25. The molecule has 1 heterocycles. The predicted octanol–water partition coefficient (Wildman–Crippen LogP) is 3.39. The molecule has 0 saturated carbocycles. The number of aromatic nitrogens is 1. The molecule has 2 aromatic rings. The highest BCUT2D eigenvalue weighted by molar-refractivity contribution is 5.94. The summed E-state index contributed by atoms with van der Waals surface area (Å²) >= 11 is 0. The van der Waals surface area contributed by atoms with Gasteiger partial charge in [-0.2, -0.15) is 0 Å². The van der Waals surface area contributed by atoms with Crippen molar-refractivity contribution in [2.75, 3.05) is 13.1 Å². The van der Waals surface area contributed by atoms with E-state index in [1.165, 1.54) is 0 Å². The van der Waals surface area contributed by atoms with Crippen LogP contribution in [0.3, 0.4) is 0 Å². The quantitative estimate of drug-likeness (QED) is 0.794. The minimum Gasteiger partial charge on any atom is -0.339 e. The van der Waals surface area contributed by atoms with E-state index in [0.717, 1.165) is 23.4 Å². The van der Waals surface area contributed by atoms with Crippen LogP contribution in [0.25, 0.3) is 5.69 Å². The molecule has 0 atom stereocenters. The highest BCUT2D eigenvalue weighted by Crippen LogP contribution is 2.20. The molecule has 0 saturated heterocycles. The van der Waals surface area contributed by atoms with Crippen molar-refractivity contribution in [3.8, 4) is 5.69 Å². The van der Waals surface area contributed by atoms with Gasteiger partial charge in [-0.1, -0.05) is 0 Å². The maximum Gasteiger partial charge on any atom is 0.253 e. The molecule has 2 rings (SSSR count). The highest BCUT2D eigenvalue weighted by Gasteiger charge is 2.14. The predicted molar refractivity (Wildman–Crippen MR) is 87.9 cm³/mol. The van der Waals surface area contributed by atoms with Crippen molar-refractivity contribution in [3.63, 3.8) is 0 Å². The number of aryl methyl sites for hydroxylation is 1. The molecule has 4 heteroatoms. The summed E-state index contributed by atoms with van der Waals surface area (Å²) in [4.78, 5) is 25.2. The van der Waals surface area contributed by atoms with Gasteiger partial charge in [-0.25, -0.2) is 0 Å². The fraction of sp³-hybridized carbons (Fsp3) is 0.333. The van der Waals surface area contributed by atoms with Crippen LogP contribution in [0.4, 0.5) is 0 Å². The molecular weight excluding hydrogens is 276 g/mol. The minimum atomic E-state index is 0.0473. The van der Waals surface area contributed by atoms with Crippen LogP contribution in [0, 0.1) is 13.8 Å². The summed E-state index contributed by atoms with van der Waals surface area (Å²) in [5.41, 5.74) is 4.25. The summed E-state index contributed by atoms with van der Waals surface area (Å²) in [7, 11) is 0. The van der Waals surface area contributed by atoms with E-state index in [0.29, 0.717) is 24.2 Å². The van der Waals surface area contributed by atoms with Crippen LogP contribution in [0.1, 0.15) is 46.0 Å². The van der Waals surface area contributed by atoms with E-state index in [1.807, 2.05) is 62.6 Å². The summed E-state index contributed by atoms with van der Waals surface area (Å²) in [6.07, 6.45) is 0.872. The van der Waals surface area contributed by atoms with Gasteiger partial charge < -0.3 is 9.47 Å². The van der Waals surface area contributed by atoms with Gasteiger partial charge in [-0.3, -0.25) is 9.59 Å². The Labute approximate surface area is 131 Å². The maximum absolute atomic E-state index is 12.3. The van der Waals surface area contributed by atoms with Crippen molar-refractivity contribution in [1.29, 1.82) is 0 Å². The third kappa shape index (κ3) is 2.82. The average Bonchev–Trinajstić information content (AvgIpc) is 2.82. The molecule has 0 N–H and O–H groups in total. The highest BCUT2D eigenvalue weighted by atomic mass is 16.2. The summed E-state index contributed by atoms with van der Waals surface area (Å²) < 4.78 is 2.02. The molecule has 0 radical (unpaired) electrons. The second-order valence-electron chi connectivity index (χ2n) is 5.30. The minimum absolute atomic E-state index is 0.0473. The zero-order valence-electron chi connectivity index (χ0n) is 13.6. The zero-order chi connectivity index (χ0) is 16.3. The Balaban J connectivity index is 2.35. The Bertz CT molecular complexity index is 680. The van der Waals surface area contributed by atoms with Crippen LogP contribution in [-0.2, 0) is 0 Å². The van der Waals surface area contributed by atoms with Crippen LogP contribution in [0.15, 0.2) is 30.3 Å². The first-order valence-electron chi connectivity index (χ1n) is 7.57. The number of aldehydes is 1. The van der Waals surface area contributed by atoms with Crippen molar-refractivity contribution in [2.45, 2.75) is 27.7 Å². The first-order chi connectivity index (χ1) is 10.5. The molecule has 0 unspecified atom stereocenters. The van der Waals surface area contributed by atoms with Crippen LogP contribution in [0.2, 0.25) is 0 Å². The summed E-state index contributed by atoms with van der Waals surface area (Å²) in [5.74, 6) is 0.0473. The molecule has 116 valence electrons. The molecule has 1 aromatic carbocycles. The number of amides is 1. The first kappa shape index (κ1) is 16.0. The number of rotatable bonds is 5. The monoisotopic (exact) mass is 298 g/mol. The lowest BCUT2D eigenvalue weighted by molar-refractivity contribution is 0.0773. The third-order valence-electron chi connectivity index (χ3n) is 4.02. The third-order valence-corrected chi connectivity index (χ3v) is 4.02. The van der Waals surface area contributed by atoms with Crippen LogP contribution in [0.5, 0.6) is 0 Å². The van der Waals surface area contributed by atoms with Crippen LogP contribution >= 0.6 is 0 Å². The average molecular weight is 298 g/mol. The number of carbonyl (C=O) groups is 2. The fourth-order valence-electron chi connectivity index (χ4n) is 2.75. The number of benzene rings is 1. The molecule has 0 bridgehead atoms. The molecule has 0 spiro atoms. The smallest absolute Gasteiger partial charge is 0.253 e. The van der Waals surface area contributed by atoms with E-state index in [-0.39, 0.29) is 5.91 Å². The van der Waals surface area contributed by atoms with Gasteiger partial charge in [0.25, 0.3) is 5.91 Å². The lowest BCUT2D eigenvalue weighted by Crippen LogP contribution is -2.30. The van der Waals surface area contributed by atoms with E-state index in [9.17, 15) is 9.59 Å². The van der Waals surface area contributed by atoms with Gasteiger partial charge in [-0.05, 0) is 58.0 Å². The van der Waals surface area contributed by atoms with Gasteiger partial charge in [0.2, 0.25) is 0 Å². The maximum atomic E-state index is 12.3. The second kappa shape index (κ2) is 6.60. The van der Waals surface area contributed by atoms with Crippen molar-refractivity contribution in [2.24, 2.45) is 0 Å². The number of carbonyl (C=O) groups excluding carboxylic acids is 2. The van der Waals surface area contributed by atoms with Gasteiger partial charge in [-0.15, -0.1) is 0 Å². The van der Waals surface area contributed by atoms with E-state index in [2.05, 4.69) is 0 Å². The Morgan fingerprint density at radius 2 is 1.73 bits per heavy atom. The van der Waals surface area contributed by atoms with Crippen molar-refractivity contribution < 1.29 is 9.59 Å². The Kier molecular flexibility index (Phi) is 4.81. The Hall–Kier alpha value is -2.36. The zero-order valence-corrected chi connectivity index (χ0v) is 13.6. The molecule has 1 amide bonds. The fourth-order valence-corrected chi connectivity index (χ4v) is 2.75. The van der Waals surface area contributed by atoms with E-state index < -0.39 is 0 Å². The van der Waals surface area contributed by atoms with E-state index >= 15 is 0 Å². The van der Waals surface area contributed by atoms with Gasteiger partial charge in [0.1, 0.15) is 0 Å². The van der Waals surface area contributed by atoms with Crippen molar-refractivity contribution in [3.05, 3.63) is 52.8 Å². The van der Waals surface area contributed by atoms with Crippen LogP contribution in [-0.4, -0.2) is 34.7 Å². The standard InChI is InChI=1S/C18H22N2O2/c1-5-19(6-2)18(22)15-7-9-17(10-8-15)20-13(3)11-16(12-21)14(20)4/h7-12H,5-6H2,1-4H3. The summed E-state index contributed by atoms with van der Waals surface area (Å²) in [6, 6.07) is 9.40. The number of hydrogen-bond donors (Lipinski definition) is 0. The van der Waals surface area contributed by atoms with E-state index in [4.69, 9.17) is 0 Å². The van der Waals surface area contributed by atoms with Crippen molar-refractivity contribution in [1.82, 2.24) is 9.47 Å². The number of hydrogen-bond acceptors (Lipinski definition) is 2. The first-order valence-corrected chi connectivity index (χ1v) is 7.57. The molecule has 22 heavy (non-hydrogen) atoms. The van der Waals surface area contributed by atoms with E-state index in [1.54, 1.807) is 4.90 Å². The topological polar surface area (TPSA) is 42.3 Å².